The lowest BCUT2D eigenvalue weighted by Gasteiger charge is -2.12. The van der Waals surface area contributed by atoms with Gasteiger partial charge in [0.1, 0.15) is 5.65 Å². The van der Waals surface area contributed by atoms with E-state index in [-0.39, 0.29) is 17.5 Å². The van der Waals surface area contributed by atoms with Crippen LogP contribution in [0.4, 0.5) is 5.95 Å². The van der Waals surface area contributed by atoms with E-state index in [1.54, 1.807) is 30.3 Å². The van der Waals surface area contributed by atoms with Crippen LogP contribution in [0.15, 0.2) is 58.2 Å². The Kier molecular flexibility index (Phi) is 5.13. The molecule has 10 heteroatoms. The number of hydrogen-bond acceptors (Lipinski definition) is 6. The third-order valence-electron chi connectivity index (χ3n) is 5.00. The molecule has 0 fully saturated rings. The second-order valence-electron chi connectivity index (χ2n) is 7.22. The fraction of sp³-hybridized carbons (Fsp3) is 0.143. The molecule has 0 bridgehead atoms. The minimum atomic E-state index is -3.57. The van der Waals surface area contributed by atoms with Crippen LogP contribution in [0.25, 0.3) is 33.4 Å². The van der Waals surface area contributed by atoms with E-state index in [1.807, 2.05) is 6.07 Å². The van der Waals surface area contributed by atoms with Gasteiger partial charge in [-0.25, -0.2) is 12.7 Å². The maximum Gasteiger partial charge on any atom is 0.262 e. The van der Waals surface area contributed by atoms with Crippen molar-refractivity contribution in [1.82, 2.24) is 19.3 Å². The number of aromatic amines is 2. The van der Waals surface area contributed by atoms with Crippen molar-refractivity contribution < 1.29 is 13.5 Å². The zero-order chi connectivity index (χ0) is 22.3. The maximum atomic E-state index is 12.7. The molecule has 0 unspecified atom stereocenters. The Balaban J connectivity index is 1.98. The molecule has 31 heavy (non-hydrogen) atoms. The van der Waals surface area contributed by atoms with Gasteiger partial charge in [0.2, 0.25) is 16.0 Å². The number of nitrogen functional groups attached to an aromatic ring is 1. The average Bonchev–Trinajstić information content (AvgIpc) is 3.13. The molecule has 0 aliphatic rings. The number of H-pyrrole nitrogens is 2. The van der Waals surface area contributed by atoms with Gasteiger partial charge >= 0.3 is 0 Å². The van der Waals surface area contributed by atoms with Crippen LogP contribution in [0.3, 0.4) is 0 Å². The maximum absolute atomic E-state index is 12.7. The third-order valence-corrected chi connectivity index (χ3v) is 6.83. The van der Waals surface area contributed by atoms with Crippen molar-refractivity contribution in [3.8, 4) is 22.4 Å². The predicted molar refractivity (Wildman–Crippen MR) is 119 cm³/mol. The summed E-state index contributed by atoms with van der Waals surface area (Å²) in [5, 5.41) is 9.86. The summed E-state index contributed by atoms with van der Waals surface area (Å²) >= 11 is 0. The van der Waals surface area contributed by atoms with Gasteiger partial charge in [0, 0.05) is 19.7 Å². The number of nitrogens with zero attached hydrogens (tertiary/aromatic N) is 2. The first-order valence-corrected chi connectivity index (χ1v) is 10.8. The summed E-state index contributed by atoms with van der Waals surface area (Å²) in [6, 6.07) is 13.5. The lowest BCUT2D eigenvalue weighted by molar-refractivity contribution is 0.282. The largest absolute Gasteiger partial charge is 0.392 e. The summed E-state index contributed by atoms with van der Waals surface area (Å²) in [6.07, 6.45) is 0. The van der Waals surface area contributed by atoms with E-state index in [9.17, 15) is 18.3 Å². The molecule has 0 aliphatic heterocycles. The average molecular weight is 439 g/mol. The van der Waals surface area contributed by atoms with Crippen molar-refractivity contribution in [3.05, 3.63) is 64.4 Å². The minimum Gasteiger partial charge on any atom is -0.392 e. The van der Waals surface area contributed by atoms with E-state index < -0.39 is 15.6 Å². The highest BCUT2D eigenvalue weighted by atomic mass is 32.2. The molecular formula is C21H21N5O4S. The lowest BCUT2D eigenvalue weighted by atomic mass is 9.98. The Labute approximate surface area is 178 Å². The Hall–Kier alpha value is -3.47. The van der Waals surface area contributed by atoms with Gasteiger partial charge in [-0.15, -0.1) is 0 Å². The Morgan fingerprint density at radius 2 is 1.77 bits per heavy atom. The number of rotatable bonds is 5. The van der Waals surface area contributed by atoms with Crippen molar-refractivity contribution in [3.63, 3.8) is 0 Å². The number of hydrogen-bond donors (Lipinski definition) is 4. The first-order valence-electron chi connectivity index (χ1n) is 9.37. The molecule has 2 heterocycles. The van der Waals surface area contributed by atoms with Crippen LogP contribution in [0.2, 0.25) is 0 Å². The zero-order valence-electron chi connectivity index (χ0n) is 16.9. The summed E-state index contributed by atoms with van der Waals surface area (Å²) in [6.45, 7) is -0.149. The number of aliphatic hydroxyl groups is 1. The normalized spacial score (nSPS) is 12.0. The summed E-state index contributed by atoms with van der Waals surface area (Å²) in [4.78, 5) is 22.7. The molecule has 2 aromatic heterocycles. The standard InChI is InChI=1S/C21H21N5O4S/c1-26(2)31(29,30)15-8-6-13(7-9-15)18-16(14-5-3-4-12(10-14)11-27)17-19(23-18)24-21(22)25-20(17)28/h3-10,27H,11H2,1-2H3,(H4,22,23,24,25,28). The molecule has 5 N–H and O–H groups in total. The van der Waals surface area contributed by atoms with Crippen molar-refractivity contribution in [2.75, 3.05) is 19.8 Å². The first kappa shape index (κ1) is 20.8. The first-order chi connectivity index (χ1) is 14.7. The molecule has 4 rings (SSSR count). The minimum absolute atomic E-state index is 0.0200. The number of aromatic nitrogens is 3. The van der Waals surface area contributed by atoms with Gasteiger partial charge in [0.15, 0.2) is 0 Å². The predicted octanol–water partition coefficient (Wildman–Crippen LogP) is 1.91. The van der Waals surface area contributed by atoms with E-state index in [4.69, 9.17) is 5.73 Å². The number of nitrogens with one attached hydrogen (secondary N) is 2. The van der Waals surface area contributed by atoms with Gasteiger partial charge in [-0.1, -0.05) is 30.3 Å². The highest BCUT2D eigenvalue weighted by Crippen LogP contribution is 2.37. The molecule has 160 valence electrons. The molecule has 4 aromatic rings. The second kappa shape index (κ2) is 7.65. The summed E-state index contributed by atoms with van der Waals surface area (Å²) in [5.41, 5.74) is 8.85. The summed E-state index contributed by atoms with van der Waals surface area (Å²) in [7, 11) is -0.637. The monoisotopic (exact) mass is 439 g/mol. The van der Waals surface area contributed by atoms with Crippen molar-refractivity contribution in [2.45, 2.75) is 11.5 Å². The highest BCUT2D eigenvalue weighted by molar-refractivity contribution is 7.89. The van der Waals surface area contributed by atoms with E-state index in [0.29, 0.717) is 39.0 Å². The fourth-order valence-electron chi connectivity index (χ4n) is 3.45. The van der Waals surface area contributed by atoms with Crippen LogP contribution in [-0.2, 0) is 16.6 Å². The summed E-state index contributed by atoms with van der Waals surface area (Å²) < 4.78 is 25.9. The van der Waals surface area contributed by atoms with Gasteiger partial charge < -0.3 is 15.8 Å². The zero-order valence-corrected chi connectivity index (χ0v) is 17.7. The summed E-state index contributed by atoms with van der Waals surface area (Å²) in [5.74, 6) is -0.0200. The molecular weight excluding hydrogens is 418 g/mol. The van der Waals surface area contributed by atoms with Crippen LogP contribution >= 0.6 is 0 Å². The smallest absolute Gasteiger partial charge is 0.262 e. The van der Waals surface area contributed by atoms with E-state index >= 15 is 0 Å². The molecule has 2 aromatic carbocycles. The van der Waals surface area contributed by atoms with Gasteiger partial charge in [-0.2, -0.15) is 4.98 Å². The van der Waals surface area contributed by atoms with Gasteiger partial charge in [0.05, 0.1) is 22.6 Å². The van der Waals surface area contributed by atoms with E-state index in [0.717, 1.165) is 4.31 Å². The number of sulfonamides is 1. The fourth-order valence-corrected chi connectivity index (χ4v) is 4.36. The quantitative estimate of drug-likeness (QED) is 0.374. The van der Waals surface area contributed by atoms with Crippen molar-refractivity contribution in [2.24, 2.45) is 0 Å². The topological polar surface area (TPSA) is 145 Å². The van der Waals surface area contributed by atoms with Crippen molar-refractivity contribution in [1.29, 1.82) is 0 Å². The number of fused-ring (bicyclic) bond motifs is 1. The third kappa shape index (κ3) is 3.61. The lowest BCUT2D eigenvalue weighted by Crippen LogP contribution is -2.22. The van der Waals surface area contributed by atoms with Crippen molar-refractivity contribution >= 4 is 27.0 Å². The van der Waals surface area contributed by atoms with Crippen LogP contribution in [0, 0.1) is 0 Å². The molecule has 0 saturated carbocycles. The number of benzene rings is 2. The van der Waals surface area contributed by atoms with Gasteiger partial charge in [-0.05, 0) is 34.9 Å². The van der Waals surface area contributed by atoms with E-state index in [1.165, 1.54) is 26.2 Å². The Morgan fingerprint density at radius 3 is 2.42 bits per heavy atom. The highest BCUT2D eigenvalue weighted by Gasteiger charge is 2.21. The molecule has 0 amide bonds. The molecule has 0 aliphatic carbocycles. The second-order valence-corrected chi connectivity index (χ2v) is 9.37. The molecule has 0 atom stereocenters. The SMILES string of the molecule is CN(C)S(=O)(=O)c1ccc(-c2[nH]c3nc(N)[nH]c(=O)c3c2-c2cccc(CO)c2)cc1. The van der Waals surface area contributed by atoms with Crippen LogP contribution in [0.5, 0.6) is 0 Å². The van der Waals surface area contributed by atoms with E-state index in [2.05, 4.69) is 15.0 Å². The van der Waals surface area contributed by atoms with Gasteiger partial charge in [0.25, 0.3) is 5.56 Å². The number of aliphatic hydroxyl groups excluding tert-OH is 1. The molecule has 0 saturated heterocycles. The van der Waals surface area contributed by atoms with Gasteiger partial charge in [-0.3, -0.25) is 9.78 Å². The number of nitrogens with two attached hydrogens (primary N) is 1. The molecule has 0 radical (unpaired) electrons. The molecule has 9 nitrogen and oxygen atoms in total. The van der Waals surface area contributed by atoms with Crippen LogP contribution in [-0.4, -0.2) is 46.9 Å². The van der Waals surface area contributed by atoms with Crippen LogP contribution < -0.4 is 11.3 Å². The Bertz CT molecular complexity index is 1440. The molecule has 0 spiro atoms. The number of anilines is 1. The van der Waals surface area contributed by atoms with Crippen LogP contribution in [0.1, 0.15) is 5.56 Å². The Morgan fingerprint density at radius 1 is 1.06 bits per heavy atom.